The molecule has 1 aromatic carbocycles. The molecule has 0 saturated heterocycles. The summed E-state index contributed by atoms with van der Waals surface area (Å²) in [4.78, 5) is 13.0. The van der Waals surface area contributed by atoms with Gasteiger partial charge in [-0.15, -0.1) is 11.3 Å². The maximum atomic E-state index is 12.2. The topological polar surface area (TPSA) is 75.3 Å². The number of nitrogens with one attached hydrogen (secondary N) is 2. The minimum Gasteiger partial charge on any atom is -0.350 e. The van der Waals surface area contributed by atoms with Crippen LogP contribution in [0.15, 0.2) is 40.6 Å². The Morgan fingerprint density at radius 3 is 2.75 bits per heavy atom. The summed E-state index contributed by atoms with van der Waals surface area (Å²) in [5, 5.41) is 5.04. The highest BCUT2D eigenvalue weighted by Gasteiger charge is 2.28. The predicted molar refractivity (Wildman–Crippen MR) is 95.3 cm³/mol. The van der Waals surface area contributed by atoms with Crippen molar-refractivity contribution in [2.75, 3.05) is 13.1 Å². The molecule has 8 heteroatoms. The molecule has 1 amide bonds. The first-order valence-electron chi connectivity index (χ1n) is 7.58. The summed E-state index contributed by atoms with van der Waals surface area (Å²) in [7, 11) is -3.63. The molecular weight excluding hydrogens is 368 g/mol. The van der Waals surface area contributed by atoms with E-state index in [1.165, 1.54) is 23.5 Å². The second-order valence-electron chi connectivity index (χ2n) is 5.59. The number of thiophene rings is 1. The smallest absolute Gasteiger partial charge is 0.261 e. The first kappa shape index (κ1) is 17.4. The van der Waals surface area contributed by atoms with Gasteiger partial charge in [-0.25, -0.2) is 13.1 Å². The van der Waals surface area contributed by atoms with Crippen LogP contribution >= 0.6 is 22.9 Å². The van der Waals surface area contributed by atoms with E-state index in [2.05, 4.69) is 10.0 Å². The molecule has 1 aliphatic rings. The Balaban J connectivity index is 1.51. The maximum Gasteiger partial charge on any atom is 0.261 e. The standard InChI is InChI=1S/C16H17ClN2O3S2/c17-12-2-1-3-13(10-12)24(21,22)19-8-7-18-16(20)15-14(6-9-23-15)11-4-5-11/h1-3,6,9-11,19H,4-5,7-8H2,(H,18,20). The van der Waals surface area contributed by atoms with Gasteiger partial charge < -0.3 is 5.32 Å². The molecule has 1 aromatic heterocycles. The van der Waals surface area contributed by atoms with Crippen LogP contribution in [0.1, 0.15) is 34.0 Å². The molecule has 5 nitrogen and oxygen atoms in total. The molecule has 3 rings (SSSR count). The zero-order valence-corrected chi connectivity index (χ0v) is 15.2. The van der Waals surface area contributed by atoms with Crippen molar-refractivity contribution in [2.24, 2.45) is 0 Å². The van der Waals surface area contributed by atoms with E-state index in [1.54, 1.807) is 12.1 Å². The summed E-state index contributed by atoms with van der Waals surface area (Å²) in [6, 6.07) is 8.05. The van der Waals surface area contributed by atoms with Crippen LogP contribution in [-0.4, -0.2) is 27.4 Å². The van der Waals surface area contributed by atoms with Crippen molar-refractivity contribution < 1.29 is 13.2 Å². The zero-order valence-electron chi connectivity index (χ0n) is 12.8. The van der Waals surface area contributed by atoms with Gasteiger partial charge in [0.05, 0.1) is 9.77 Å². The molecule has 0 radical (unpaired) electrons. The summed E-state index contributed by atoms with van der Waals surface area (Å²) in [5.74, 6) is 0.368. The van der Waals surface area contributed by atoms with E-state index in [0.29, 0.717) is 10.9 Å². The monoisotopic (exact) mass is 384 g/mol. The highest BCUT2D eigenvalue weighted by molar-refractivity contribution is 7.89. The van der Waals surface area contributed by atoms with Gasteiger partial charge in [0.25, 0.3) is 5.91 Å². The number of rotatable bonds is 7. The normalized spacial score (nSPS) is 14.5. The Hall–Kier alpha value is -1.41. The van der Waals surface area contributed by atoms with Crippen LogP contribution in [0, 0.1) is 0 Å². The van der Waals surface area contributed by atoms with Gasteiger partial charge in [0.1, 0.15) is 0 Å². The third kappa shape index (κ3) is 4.16. The molecule has 1 aliphatic carbocycles. The lowest BCUT2D eigenvalue weighted by atomic mass is 10.1. The second-order valence-corrected chi connectivity index (χ2v) is 8.71. The van der Waals surface area contributed by atoms with Crippen molar-refractivity contribution in [3.63, 3.8) is 0 Å². The SMILES string of the molecule is O=C(NCCNS(=O)(=O)c1cccc(Cl)c1)c1sccc1C1CC1. The Labute approximate surface area is 150 Å². The van der Waals surface area contributed by atoms with Gasteiger partial charge in [-0.1, -0.05) is 17.7 Å². The van der Waals surface area contributed by atoms with Gasteiger partial charge >= 0.3 is 0 Å². The predicted octanol–water partition coefficient (Wildman–Crippen LogP) is 2.99. The van der Waals surface area contributed by atoms with E-state index >= 15 is 0 Å². The van der Waals surface area contributed by atoms with Crippen molar-refractivity contribution in [1.29, 1.82) is 0 Å². The van der Waals surface area contributed by atoms with E-state index in [1.807, 2.05) is 11.4 Å². The van der Waals surface area contributed by atoms with Gasteiger partial charge in [-0.05, 0) is 54.0 Å². The number of sulfonamides is 1. The Bertz CT molecular complexity index is 845. The minimum atomic E-state index is -3.63. The number of benzene rings is 1. The van der Waals surface area contributed by atoms with Crippen LogP contribution in [0.2, 0.25) is 5.02 Å². The molecule has 0 atom stereocenters. The lowest BCUT2D eigenvalue weighted by Gasteiger charge is -2.08. The van der Waals surface area contributed by atoms with Gasteiger partial charge in [-0.3, -0.25) is 4.79 Å². The van der Waals surface area contributed by atoms with E-state index < -0.39 is 10.0 Å². The number of carbonyl (C=O) groups excluding carboxylic acids is 1. The van der Waals surface area contributed by atoms with Crippen molar-refractivity contribution in [2.45, 2.75) is 23.7 Å². The molecule has 0 aliphatic heterocycles. The highest BCUT2D eigenvalue weighted by Crippen LogP contribution is 2.43. The van der Waals surface area contributed by atoms with Crippen LogP contribution in [0.25, 0.3) is 0 Å². The minimum absolute atomic E-state index is 0.107. The van der Waals surface area contributed by atoms with Crippen LogP contribution in [-0.2, 0) is 10.0 Å². The summed E-state index contributed by atoms with van der Waals surface area (Å²) >= 11 is 7.23. The molecule has 1 fully saturated rings. The number of halogens is 1. The fraction of sp³-hybridized carbons (Fsp3) is 0.312. The average molecular weight is 385 g/mol. The Morgan fingerprint density at radius 1 is 1.25 bits per heavy atom. The largest absolute Gasteiger partial charge is 0.350 e. The molecule has 24 heavy (non-hydrogen) atoms. The van der Waals surface area contributed by atoms with Crippen molar-refractivity contribution in [3.8, 4) is 0 Å². The van der Waals surface area contributed by atoms with E-state index in [9.17, 15) is 13.2 Å². The number of carbonyl (C=O) groups is 1. The van der Waals surface area contributed by atoms with E-state index in [-0.39, 0.29) is 23.9 Å². The molecule has 128 valence electrons. The number of hydrogen-bond donors (Lipinski definition) is 2. The summed E-state index contributed by atoms with van der Waals surface area (Å²) < 4.78 is 26.7. The van der Waals surface area contributed by atoms with E-state index in [0.717, 1.165) is 23.3 Å². The van der Waals surface area contributed by atoms with Gasteiger partial charge in [-0.2, -0.15) is 0 Å². The third-order valence-electron chi connectivity index (χ3n) is 3.73. The first-order chi connectivity index (χ1) is 11.5. The van der Waals surface area contributed by atoms with Crippen LogP contribution in [0.3, 0.4) is 0 Å². The molecular formula is C16H17ClN2O3S2. The molecule has 1 heterocycles. The van der Waals surface area contributed by atoms with Crippen molar-refractivity contribution in [1.82, 2.24) is 10.0 Å². The third-order valence-corrected chi connectivity index (χ3v) is 6.35. The first-order valence-corrected chi connectivity index (χ1v) is 10.3. The quantitative estimate of drug-likeness (QED) is 0.720. The summed E-state index contributed by atoms with van der Waals surface area (Å²) in [5.41, 5.74) is 1.11. The molecule has 0 spiro atoms. The lowest BCUT2D eigenvalue weighted by Crippen LogP contribution is -2.34. The molecule has 2 aromatic rings. The number of amides is 1. The fourth-order valence-electron chi connectivity index (χ4n) is 2.38. The Kier molecular flexibility index (Phi) is 5.24. The molecule has 2 N–H and O–H groups in total. The summed E-state index contributed by atoms with van der Waals surface area (Å²) in [6.07, 6.45) is 2.27. The average Bonchev–Trinajstić information content (AvgIpc) is 3.28. The van der Waals surface area contributed by atoms with Crippen LogP contribution in [0.5, 0.6) is 0 Å². The molecule has 0 bridgehead atoms. The van der Waals surface area contributed by atoms with Crippen molar-refractivity contribution in [3.05, 3.63) is 51.2 Å². The maximum absolute atomic E-state index is 12.2. The molecule has 1 saturated carbocycles. The van der Waals surface area contributed by atoms with Gasteiger partial charge in [0.15, 0.2) is 0 Å². The van der Waals surface area contributed by atoms with Gasteiger partial charge in [0, 0.05) is 18.1 Å². The fourth-order valence-corrected chi connectivity index (χ4v) is 4.61. The highest BCUT2D eigenvalue weighted by atomic mass is 35.5. The van der Waals surface area contributed by atoms with Crippen molar-refractivity contribution >= 4 is 38.9 Å². The summed E-state index contributed by atoms with van der Waals surface area (Å²) in [6.45, 7) is 0.339. The zero-order chi connectivity index (χ0) is 17.2. The lowest BCUT2D eigenvalue weighted by molar-refractivity contribution is 0.0957. The van der Waals surface area contributed by atoms with Crippen LogP contribution < -0.4 is 10.0 Å². The number of hydrogen-bond acceptors (Lipinski definition) is 4. The van der Waals surface area contributed by atoms with E-state index in [4.69, 9.17) is 11.6 Å². The second kappa shape index (κ2) is 7.23. The Morgan fingerprint density at radius 2 is 2.04 bits per heavy atom. The molecule has 0 unspecified atom stereocenters. The van der Waals surface area contributed by atoms with Gasteiger partial charge in [0.2, 0.25) is 10.0 Å². The van der Waals surface area contributed by atoms with Crippen LogP contribution in [0.4, 0.5) is 0 Å².